The van der Waals surface area contributed by atoms with Crippen molar-refractivity contribution in [1.29, 1.82) is 0 Å². The molecule has 1 aromatic heterocycles. The topological polar surface area (TPSA) is 67.2 Å². The molecule has 0 saturated carbocycles. The molecule has 7 heteroatoms. The Morgan fingerprint density at radius 3 is 2.65 bits per heavy atom. The van der Waals surface area contributed by atoms with Crippen LogP contribution in [0.3, 0.4) is 0 Å². The first-order valence-corrected chi connectivity index (χ1v) is 7.94. The quantitative estimate of drug-likeness (QED) is 0.852. The summed E-state index contributed by atoms with van der Waals surface area (Å²) in [5.41, 5.74) is 1.55. The molecule has 1 aliphatic rings. The van der Waals surface area contributed by atoms with Crippen molar-refractivity contribution < 1.29 is 4.79 Å². The Morgan fingerprint density at radius 2 is 2.00 bits per heavy atom. The van der Waals surface area contributed by atoms with Crippen LogP contribution in [0, 0.1) is 0 Å². The fraction of sp³-hybridized carbons (Fsp3) is 0.500. The lowest BCUT2D eigenvalue weighted by Gasteiger charge is -2.28. The fourth-order valence-electron chi connectivity index (χ4n) is 2.94. The molecule has 1 saturated heterocycles. The Bertz CT molecular complexity index is 637. The van der Waals surface area contributed by atoms with Crippen LogP contribution < -0.4 is 0 Å². The van der Waals surface area contributed by atoms with Gasteiger partial charge < -0.3 is 9.80 Å². The highest BCUT2D eigenvalue weighted by Crippen LogP contribution is 2.17. The largest absolute Gasteiger partial charge is 0.337 e. The maximum Gasteiger partial charge on any atom is 0.253 e. The molecule has 0 bridgehead atoms. The van der Waals surface area contributed by atoms with E-state index in [4.69, 9.17) is 0 Å². The number of nitrogens with zero attached hydrogens (tertiary/aromatic N) is 6. The zero-order valence-electron chi connectivity index (χ0n) is 13.6. The maximum absolute atomic E-state index is 12.8. The van der Waals surface area contributed by atoms with Gasteiger partial charge in [-0.15, -0.1) is 5.10 Å². The summed E-state index contributed by atoms with van der Waals surface area (Å²) in [6.07, 6.45) is 4.92. The molecule has 0 N–H and O–H groups in total. The third-order valence-electron chi connectivity index (χ3n) is 4.39. The molecular formula is C16H22N6O. The highest BCUT2D eigenvalue weighted by atomic mass is 16.2. The molecule has 0 aliphatic carbocycles. The Balaban J connectivity index is 1.74. The number of benzene rings is 1. The average molecular weight is 314 g/mol. The van der Waals surface area contributed by atoms with E-state index >= 15 is 0 Å². The van der Waals surface area contributed by atoms with Gasteiger partial charge in [-0.1, -0.05) is 6.42 Å². The molecule has 1 fully saturated rings. The number of carbonyl (C=O) groups excluding carboxylic acids is 1. The van der Waals surface area contributed by atoms with E-state index < -0.39 is 0 Å². The summed E-state index contributed by atoms with van der Waals surface area (Å²) in [7, 11) is 4.17. The molecule has 7 nitrogen and oxygen atoms in total. The summed E-state index contributed by atoms with van der Waals surface area (Å²) in [4.78, 5) is 17.0. The molecule has 0 spiro atoms. The predicted molar refractivity (Wildman–Crippen MR) is 86.4 cm³/mol. The smallest absolute Gasteiger partial charge is 0.253 e. The lowest BCUT2D eigenvalue weighted by Crippen LogP contribution is -2.41. The van der Waals surface area contributed by atoms with Crippen molar-refractivity contribution in [2.24, 2.45) is 0 Å². The fourth-order valence-corrected chi connectivity index (χ4v) is 2.94. The summed E-state index contributed by atoms with van der Waals surface area (Å²) in [5.74, 6) is 0.0991. The van der Waals surface area contributed by atoms with Gasteiger partial charge in [-0.2, -0.15) is 0 Å². The first-order valence-electron chi connectivity index (χ1n) is 7.94. The van der Waals surface area contributed by atoms with Crippen LogP contribution in [-0.4, -0.2) is 69.1 Å². The van der Waals surface area contributed by atoms with Gasteiger partial charge in [-0.05, 0) is 61.6 Å². The van der Waals surface area contributed by atoms with Gasteiger partial charge in [0.25, 0.3) is 5.91 Å². The molecule has 2 heterocycles. The lowest BCUT2D eigenvalue weighted by molar-refractivity contribution is 0.0725. The number of aromatic nitrogens is 4. The standard InChI is InChI=1S/C16H22N6O/c1-20(2)15-5-3-4-10-21(11-15)16(23)13-6-8-14(9-7-13)22-12-17-18-19-22/h6-9,12,15H,3-5,10-11H2,1-2H3/t15-/m0/s1. The molecular weight excluding hydrogens is 292 g/mol. The molecule has 1 aromatic carbocycles. The van der Waals surface area contributed by atoms with Crippen molar-refractivity contribution in [2.75, 3.05) is 27.2 Å². The molecule has 23 heavy (non-hydrogen) atoms. The Labute approximate surface area is 135 Å². The lowest BCUT2D eigenvalue weighted by atomic mass is 10.1. The highest BCUT2D eigenvalue weighted by Gasteiger charge is 2.24. The highest BCUT2D eigenvalue weighted by molar-refractivity contribution is 5.94. The minimum absolute atomic E-state index is 0.0991. The van der Waals surface area contributed by atoms with Crippen LogP contribution in [0.4, 0.5) is 0 Å². The van der Waals surface area contributed by atoms with Gasteiger partial charge in [-0.25, -0.2) is 4.68 Å². The summed E-state index contributed by atoms with van der Waals surface area (Å²) in [6.45, 7) is 1.62. The van der Waals surface area contributed by atoms with Crippen molar-refractivity contribution in [3.05, 3.63) is 36.2 Å². The number of amides is 1. The summed E-state index contributed by atoms with van der Waals surface area (Å²) >= 11 is 0. The molecule has 3 rings (SSSR count). The monoisotopic (exact) mass is 314 g/mol. The first kappa shape index (κ1) is 15.6. The number of hydrogen-bond acceptors (Lipinski definition) is 5. The zero-order chi connectivity index (χ0) is 16.2. The second-order valence-corrected chi connectivity index (χ2v) is 6.17. The van der Waals surface area contributed by atoms with Crippen LogP contribution in [0.2, 0.25) is 0 Å². The van der Waals surface area contributed by atoms with Crippen LogP contribution >= 0.6 is 0 Å². The third-order valence-corrected chi connectivity index (χ3v) is 4.39. The van der Waals surface area contributed by atoms with Crippen molar-refractivity contribution in [3.8, 4) is 5.69 Å². The van der Waals surface area contributed by atoms with Crippen LogP contribution in [0.5, 0.6) is 0 Å². The molecule has 2 aromatic rings. The SMILES string of the molecule is CN(C)[C@H]1CCCCN(C(=O)c2ccc(-n3cnnn3)cc2)C1. The van der Waals surface area contributed by atoms with Gasteiger partial charge >= 0.3 is 0 Å². The molecule has 1 atom stereocenters. The Morgan fingerprint density at radius 1 is 1.22 bits per heavy atom. The Hall–Kier alpha value is -2.28. The van der Waals surface area contributed by atoms with E-state index in [1.54, 1.807) is 4.68 Å². The number of likely N-dealkylation sites (tertiary alicyclic amines) is 1. The van der Waals surface area contributed by atoms with Crippen molar-refractivity contribution in [2.45, 2.75) is 25.3 Å². The van der Waals surface area contributed by atoms with Gasteiger partial charge in [0.05, 0.1) is 5.69 Å². The number of tetrazole rings is 1. The first-order chi connectivity index (χ1) is 11.1. The van der Waals surface area contributed by atoms with E-state index in [9.17, 15) is 4.79 Å². The van der Waals surface area contributed by atoms with E-state index in [0.29, 0.717) is 11.6 Å². The molecule has 1 aliphatic heterocycles. The van der Waals surface area contributed by atoms with Gasteiger partial charge in [0.15, 0.2) is 0 Å². The molecule has 122 valence electrons. The van der Waals surface area contributed by atoms with Crippen LogP contribution in [0.25, 0.3) is 5.69 Å². The summed E-state index contributed by atoms with van der Waals surface area (Å²) in [6, 6.07) is 7.85. The van der Waals surface area contributed by atoms with Gasteiger partial charge in [-0.3, -0.25) is 4.79 Å². The summed E-state index contributed by atoms with van der Waals surface area (Å²) in [5, 5.41) is 11.1. The van der Waals surface area contributed by atoms with Crippen molar-refractivity contribution in [1.82, 2.24) is 30.0 Å². The van der Waals surface area contributed by atoms with Crippen LogP contribution in [0.1, 0.15) is 29.6 Å². The van der Waals surface area contributed by atoms with E-state index in [1.807, 2.05) is 29.2 Å². The number of rotatable bonds is 3. The van der Waals surface area contributed by atoms with E-state index in [0.717, 1.165) is 31.6 Å². The second kappa shape index (κ2) is 6.87. The second-order valence-electron chi connectivity index (χ2n) is 6.17. The van der Waals surface area contributed by atoms with Crippen LogP contribution in [-0.2, 0) is 0 Å². The zero-order valence-corrected chi connectivity index (χ0v) is 13.6. The number of hydrogen-bond donors (Lipinski definition) is 0. The normalized spacial score (nSPS) is 18.9. The number of carbonyl (C=O) groups is 1. The van der Waals surface area contributed by atoms with Gasteiger partial charge in [0.2, 0.25) is 0 Å². The molecule has 1 amide bonds. The average Bonchev–Trinajstić information content (AvgIpc) is 2.98. The van der Waals surface area contributed by atoms with Crippen molar-refractivity contribution >= 4 is 5.91 Å². The third kappa shape index (κ3) is 3.56. The Kier molecular flexibility index (Phi) is 4.66. The van der Waals surface area contributed by atoms with Crippen molar-refractivity contribution in [3.63, 3.8) is 0 Å². The number of likely N-dealkylation sites (N-methyl/N-ethyl adjacent to an activating group) is 1. The van der Waals surface area contributed by atoms with E-state index in [-0.39, 0.29) is 5.91 Å². The molecule has 0 unspecified atom stereocenters. The minimum Gasteiger partial charge on any atom is -0.337 e. The van der Waals surface area contributed by atoms with Crippen LogP contribution in [0.15, 0.2) is 30.6 Å². The van der Waals surface area contributed by atoms with Gasteiger partial charge in [0.1, 0.15) is 6.33 Å². The van der Waals surface area contributed by atoms with E-state index in [1.165, 1.54) is 12.7 Å². The minimum atomic E-state index is 0.0991. The van der Waals surface area contributed by atoms with E-state index in [2.05, 4.69) is 34.5 Å². The van der Waals surface area contributed by atoms with Gasteiger partial charge in [0, 0.05) is 24.7 Å². The maximum atomic E-state index is 12.8. The predicted octanol–water partition coefficient (Wildman–Crippen LogP) is 1.22. The summed E-state index contributed by atoms with van der Waals surface area (Å²) < 4.78 is 1.57. The molecule has 0 radical (unpaired) electrons.